The third-order valence-electron chi connectivity index (χ3n) is 0.354. The number of hydrogen-bond donors (Lipinski definition) is 2. The van der Waals surface area contributed by atoms with Gasteiger partial charge >= 0.3 is 0 Å². The molecule has 0 spiro atoms. The van der Waals surface area contributed by atoms with Crippen LogP contribution in [0.2, 0.25) is 0 Å². The van der Waals surface area contributed by atoms with E-state index in [1.165, 1.54) is 0 Å². The van der Waals surface area contributed by atoms with Crippen molar-refractivity contribution in [3.63, 3.8) is 0 Å². The fraction of sp³-hybridized carbons (Fsp3) is 0. The van der Waals surface area contributed by atoms with Gasteiger partial charge in [0.1, 0.15) is 0 Å². The van der Waals surface area contributed by atoms with Crippen molar-refractivity contribution in [2.45, 2.75) is 0 Å². The maximum absolute atomic E-state index is 4.48. The van der Waals surface area contributed by atoms with Crippen LogP contribution in [0.3, 0.4) is 0 Å². The van der Waals surface area contributed by atoms with Gasteiger partial charge in [0.2, 0.25) is 4.77 Å². The summed E-state index contributed by atoms with van der Waals surface area (Å²) in [6.45, 7) is 0. The van der Waals surface area contributed by atoms with E-state index in [0.717, 1.165) is 0 Å². The molecule has 1 aromatic heterocycles. The molecule has 0 bridgehead atoms. The Labute approximate surface area is 60.2 Å². The second-order valence-corrected chi connectivity index (χ2v) is 1.13. The number of aromatic nitrogens is 4. The molecule has 4 nitrogen and oxygen atoms in total. The Kier molecular flexibility index (Phi) is 3.10. The van der Waals surface area contributed by atoms with Crippen LogP contribution in [0.25, 0.3) is 0 Å². The van der Waals surface area contributed by atoms with E-state index in [4.69, 9.17) is 0 Å². The quantitative estimate of drug-likeness (QED) is 0.462. The summed E-state index contributed by atoms with van der Waals surface area (Å²) >= 11 is 4.48. The molecule has 0 aliphatic carbocycles. The van der Waals surface area contributed by atoms with E-state index in [0.29, 0.717) is 4.77 Å². The van der Waals surface area contributed by atoms with Crippen LogP contribution in [0, 0.1) is 4.77 Å². The van der Waals surface area contributed by atoms with Crippen molar-refractivity contribution in [1.82, 2.24) is 20.6 Å². The molecule has 0 aliphatic heterocycles. The largest absolute Gasteiger partial charge is 0.256 e. The second-order valence-electron chi connectivity index (χ2n) is 0.742. The van der Waals surface area contributed by atoms with Gasteiger partial charge in [-0.1, -0.05) is 10.3 Å². The van der Waals surface area contributed by atoms with E-state index in [9.17, 15) is 0 Å². The summed E-state index contributed by atoms with van der Waals surface area (Å²) in [7, 11) is 0. The molecule has 0 unspecified atom stereocenters. The van der Waals surface area contributed by atoms with E-state index in [-0.39, 0.29) is 22.4 Å². The summed E-state index contributed by atoms with van der Waals surface area (Å²) < 4.78 is 0.384. The predicted molar refractivity (Wildman–Crippen MR) is 21.6 cm³/mol. The normalized spacial score (nSPS) is 7.43. The third kappa shape index (κ3) is 1.98. The minimum Gasteiger partial charge on any atom is -0.256 e. The molecule has 0 saturated heterocycles. The van der Waals surface area contributed by atoms with Crippen LogP contribution >= 0.6 is 12.2 Å². The summed E-state index contributed by atoms with van der Waals surface area (Å²) in [4.78, 5) is 0. The fourth-order valence-corrected chi connectivity index (χ4v) is 0.255. The van der Waals surface area contributed by atoms with Crippen LogP contribution in [-0.2, 0) is 22.4 Å². The van der Waals surface area contributed by atoms with Crippen LogP contribution < -0.4 is 0 Å². The molecular weight excluding hydrogens is 208 g/mol. The Bertz CT molecular complexity index is 149. The molecule has 0 atom stereocenters. The van der Waals surface area contributed by atoms with Gasteiger partial charge in [0.15, 0.2) is 0 Å². The van der Waals surface area contributed by atoms with Gasteiger partial charge in [-0.25, -0.2) is 0 Å². The number of rotatable bonds is 0. The Balaban J connectivity index is 0.000000360. The standard InChI is InChI=1S/CH2N4S.Ag/c6-1-2-4-5-3-1;/h(H2,2,3,4,5,6);. The first-order valence-corrected chi connectivity index (χ1v) is 1.76. The SMILES string of the molecule is S=c1nn[nH][nH]1.[Ag]. The van der Waals surface area contributed by atoms with Crippen LogP contribution in [0.1, 0.15) is 0 Å². The molecule has 0 amide bonds. The zero-order valence-corrected chi connectivity index (χ0v) is 5.40. The molecular formula is CH2AgN4S. The first kappa shape index (κ1) is 7.03. The van der Waals surface area contributed by atoms with Crippen LogP contribution in [-0.4, -0.2) is 20.6 Å². The first-order valence-electron chi connectivity index (χ1n) is 1.35. The number of nitrogens with zero attached hydrogens (tertiary/aromatic N) is 2. The van der Waals surface area contributed by atoms with Gasteiger partial charge in [0.25, 0.3) is 0 Å². The van der Waals surface area contributed by atoms with Gasteiger partial charge in [-0.3, -0.25) is 5.10 Å². The first-order chi connectivity index (χ1) is 2.89. The zero-order valence-electron chi connectivity index (χ0n) is 3.10. The minimum atomic E-state index is 0. The Morgan fingerprint density at radius 1 is 1.57 bits per heavy atom. The topological polar surface area (TPSA) is 57.4 Å². The van der Waals surface area contributed by atoms with Gasteiger partial charge in [0.05, 0.1) is 0 Å². The van der Waals surface area contributed by atoms with Crippen LogP contribution in [0.5, 0.6) is 0 Å². The Morgan fingerprint density at radius 3 is 2.43 bits per heavy atom. The molecule has 1 rings (SSSR count). The molecule has 1 aromatic rings. The van der Waals surface area contributed by atoms with E-state index >= 15 is 0 Å². The molecule has 1 heterocycles. The van der Waals surface area contributed by atoms with Gasteiger partial charge in [-0.05, 0) is 12.2 Å². The monoisotopic (exact) mass is 209 g/mol. The second kappa shape index (κ2) is 3.09. The molecule has 0 fully saturated rings. The fourth-order valence-electron chi connectivity index (χ4n) is 0.168. The summed E-state index contributed by atoms with van der Waals surface area (Å²) in [6, 6.07) is 0. The van der Waals surface area contributed by atoms with Crippen molar-refractivity contribution in [2.24, 2.45) is 0 Å². The summed E-state index contributed by atoms with van der Waals surface area (Å²) in [5.41, 5.74) is 0. The molecule has 7 heavy (non-hydrogen) atoms. The van der Waals surface area contributed by atoms with Crippen molar-refractivity contribution in [1.29, 1.82) is 0 Å². The van der Waals surface area contributed by atoms with Gasteiger partial charge in [-0.2, -0.15) is 5.21 Å². The average molecular weight is 210 g/mol. The molecule has 0 saturated carbocycles. The summed E-state index contributed by atoms with van der Waals surface area (Å²) in [5, 5.41) is 11.5. The van der Waals surface area contributed by atoms with Gasteiger partial charge < -0.3 is 0 Å². The van der Waals surface area contributed by atoms with Crippen molar-refractivity contribution in [3.05, 3.63) is 4.77 Å². The van der Waals surface area contributed by atoms with Crippen LogP contribution in [0.4, 0.5) is 0 Å². The average Bonchev–Trinajstić information content (AvgIpc) is 1.86. The van der Waals surface area contributed by atoms with Crippen LogP contribution in [0.15, 0.2) is 0 Å². The predicted octanol–water partition coefficient (Wildman–Crippen LogP) is -0.140. The van der Waals surface area contributed by atoms with Crippen molar-refractivity contribution >= 4 is 12.2 Å². The van der Waals surface area contributed by atoms with Crippen molar-refractivity contribution in [2.75, 3.05) is 0 Å². The summed E-state index contributed by atoms with van der Waals surface area (Å²) in [5.74, 6) is 0. The minimum absolute atomic E-state index is 0. The smallest absolute Gasteiger partial charge is 0.235 e. The van der Waals surface area contributed by atoms with Crippen molar-refractivity contribution < 1.29 is 22.4 Å². The van der Waals surface area contributed by atoms with Gasteiger partial charge in [0, 0.05) is 22.4 Å². The number of aromatic amines is 2. The van der Waals surface area contributed by atoms with Crippen molar-refractivity contribution in [3.8, 4) is 0 Å². The molecule has 43 valence electrons. The summed E-state index contributed by atoms with van der Waals surface area (Å²) in [6.07, 6.45) is 0. The van der Waals surface area contributed by atoms with Gasteiger partial charge in [-0.15, -0.1) is 0 Å². The molecule has 2 N–H and O–H groups in total. The third-order valence-corrected chi connectivity index (χ3v) is 0.537. The zero-order chi connectivity index (χ0) is 4.41. The molecule has 1 radical (unpaired) electrons. The number of H-pyrrole nitrogens is 2. The van der Waals surface area contributed by atoms with E-state index in [1.54, 1.807) is 0 Å². The van der Waals surface area contributed by atoms with E-state index in [1.807, 2.05) is 0 Å². The molecule has 0 aromatic carbocycles. The Hall–Kier alpha value is 0.0303. The number of tetrazole rings is 1. The maximum Gasteiger partial charge on any atom is 0.235 e. The van der Waals surface area contributed by atoms with E-state index < -0.39 is 0 Å². The number of hydrogen-bond acceptors (Lipinski definition) is 3. The number of nitrogens with one attached hydrogen (secondary N) is 2. The molecule has 0 aliphatic rings. The maximum atomic E-state index is 4.48. The van der Waals surface area contributed by atoms with E-state index in [2.05, 4.69) is 32.8 Å². The molecule has 6 heteroatoms. The Morgan fingerprint density at radius 2 is 2.29 bits per heavy atom.